The summed E-state index contributed by atoms with van der Waals surface area (Å²) < 4.78 is 5.37. The maximum atomic E-state index is 11.8. The number of nitrogens with two attached hydrogens (primary N) is 1. The molecule has 5 heteroatoms. The number of rotatable bonds is 3. The van der Waals surface area contributed by atoms with E-state index in [4.69, 9.17) is 10.5 Å². The Kier molecular flexibility index (Phi) is 3.19. The molecule has 0 fully saturated rings. The Hall–Kier alpha value is -1.75. The third-order valence-corrected chi connectivity index (χ3v) is 2.70. The first-order valence-corrected chi connectivity index (χ1v) is 5.55. The van der Waals surface area contributed by atoms with Crippen LogP contribution in [0, 0.1) is 0 Å². The predicted molar refractivity (Wildman–Crippen MR) is 67.3 cm³/mol. The lowest BCUT2D eigenvalue weighted by Gasteiger charge is -2.30. The van der Waals surface area contributed by atoms with E-state index in [1.165, 1.54) is 0 Å². The predicted octanol–water partition coefficient (Wildman–Crippen LogP) is 0.556. The summed E-state index contributed by atoms with van der Waals surface area (Å²) in [4.78, 5) is 15.6. The summed E-state index contributed by atoms with van der Waals surface area (Å²) in [6.45, 7) is 1.56. The van der Waals surface area contributed by atoms with E-state index in [2.05, 4.69) is 0 Å². The van der Waals surface area contributed by atoms with Gasteiger partial charge in [-0.05, 0) is 26.2 Å². The number of hydrogen-bond acceptors (Lipinski definition) is 4. The number of nitrogen functional groups attached to an aromatic ring is 1. The lowest BCUT2D eigenvalue weighted by molar-refractivity contribution is -0.121. The Morgan fingerprint density at radius 3 is 2.94 bits per heavy atom. The van der Waals surface area contributed by atoms with Gasteiger partial charge in [0.05, 0.1) is 5.69 Å². The molecule has 1 aliphatic heterocycles. The molecule has 0 radical (unpaired) electrons. The summed E-state index contributed by atoms with van der Waals surface area (Å²) in [5.74, 6) is 0.674. The Balaban J connectivity index is 2.24. The van der Waals surface area contributed by atoms with E-state index in [-0.39, 0.29) is 12.5 Å². The monoisotopic (exact) mass is 235 g/mol. The minimum absolute atomic E-state index is 0.0101. The fourth-order valence-corrected chi connectivity index (χ4v) is 1.77. The molecule has 0 spiro atoms. The lowest BCUT2D eigenvalue weighted by Crippen LogP contribution is -2.42. The topological polar surface area (TPSA) is 58.8 Å². The van der Waals surface area contributed by atoms with Gasteiger partial charge in [0.2, 0.25) is 0 Å². The van der Waals surface area contributed by atoms with Crippen molar-refractivity contribution in [2.45, 2.75) is 0 Å². The molecule has 92 valence electrons. The van der Waals surface area contributed by atoms with Gasteiger partial charge < -0.3 is 20.3 Å². The summed E-state index contributed by atoms with van der Waals surface area (Å²) in [5, 5.41) is 0. The van der Waals surface area contributed by atoms with E-state index in [0.29, 0.717) is 18.0 Å². The molecule has 0 bridgehead atoms. The van der Waals surface area contributed by atoms with E-state index in [1.54, 1.807) is 17.0 Å². The standard InChI is InChI=1S/C12H17N3O2/c1-14(2)5-6-15-10-4-3-9(13)7-11(10)17-8-12(15)16/h3-4,7H,5-6,8,13H2,1-2H3. The first-order valence-electron chi connectivity index (χ1n) is 5.55. The molecule has 1 aliphatic rings. The van der Waals surface area contributed by atoms with Crippen LogP contribution in [-0.4, -0.2) is 44.6 Å². The zero-order chi connectivity index (χ0) is 12.4. The highest BCUT2D eigenvalue weighted by molar-refractivity contribution is 5.98. The molecule has 1 heterocycles. The smallest absolute Gasteiger partial charge is 0.265 e. The quantitative estimate of drug-likeness (QED) is 0.778. The Bertz CT molecular complexity index is 432. The van der Waals surface area contributed by atoms with Gasteiger partial charge in [0.15, 0.2) is 6.61 Å². The number of likely N-dealkylation sites (N-methyl/N-ethyl adjacent to an activating group) is 1. The third-order valence-electron chi connectivity index (χ3n) is 2.70. The summed E-state index contributed by atoms with van der Waals surface area (Å²) in [6.07, 6.45) is 0. The van der Waals surface area contributed by atoms with Gasteiger partial charge in [-0.1, -0.05) is 0 Å². The number of amides is 1. The van der Waals surface area contributed by atoms with E-state index in [9.17, 15) is 4.79 Å². The number of fused-ring (bicyclic) bond motifs is 1. The molecule has 0 saturated heterocycles. The van der Waals surface area contributed by atoms with Crippen LogP contribution in [0.1, 0.15) is 0 Å². The maximum Gasteiger partial charge on any atom is 0.265 e. The second-order valence-electron chi connectivity index (χ2n) is 4.36. The number of ether oxygens (including phenoxy) is 1. The minimum atomic E-state index is -0.0101. The number of benzene rings is 1. The molecule has 0 unspecified atom stereocenters. The molecule has 1 aromatic carbocycles. The third kappa shape index (κ3) is 2.50. The molecule has 2 rings (SSSR count). The van der Waals surface area contributed by atoms with Gasteiger partial charge >= 0.3 is 0 Å². The van der Waals surface area contributed by atoms with Gasteiger partial charge in [0.1, 0.15) is 5.75 Å². The SMILES string of the molecule is CN(C)CCN1C(=O)COc2cc(N)ccc21. The number of carbonyl (C=O) groups excluding carboxylic acids is 1. The van der Waals surface area contributed by atoms with E-state index < -0.39 is 0 Å². The van der Waals surface area contributed by atoms with Crippen LogP contribution in [0.5, 0.6) is 5.75 Å². The van der Waals surface area contributed by atoms with Crippen molar-refractivity contribution in [3.05, 3.63) is 18.2 Å². The fraction of sp³-hybridized carbons (Fsp3) is 0.417. The summed E-state index contributed by atoms with van der Waals surface area (Å²) in [6, 6.07) is 5.37. The Morgan fingerprint density at radius 2 is 2.24 bits per heavy atom. The lowest BCUT2D eigenvalue weighted by atomic mass is 10.2. The van der Waals surface area contributed by atoms with Crippen molar-refractivity contribution in [2.24, 2.45) is 0 Å². The molecule has 0 saturated carbocycles. The van der Waals surface area contributed by atoms with Crippen molar-refractivity contribution in [1.29, 1.82) is 0 Å². The molecule has 5 nitrogen and oxygen atoms in total. The molecule has 17 heavy (non-hydrogen) atoms. The van der Waals surface area contributed by atoms with Crippen molar-refractivity contribution < 1.29 is 9.53 Å². The van der Waals surface area contributed by atoms with Gasteiger partial charge in [-0.25, -0.2) is 0 Å². The van der Waals surface area contributed by atoms with Crippen LogP contribution < -0.4 is 15.4 Å². The van der Waals surface area contributed by atoms with Crippen LogP contribution in [0.2, 0.25) is 0 Å². The van der Waals surface area contributed by atoms with Crippen molar-refractivity contribution >= 4 is 17.3 Å². The van der Waals surface area contributed by atoms with Gasteiger partial charge in [0.25, 0.3) is 5.91 Å². The number of nitrogens with zero attached hydrogens (tertiary/aromatic N) is 2. The largest absolute Gasteiger partial charge is 0.481 e. The van der Waals surface area contributed by atoms with Gasteiger partial charge in [-0.15, -0.1) is 0 Å². The average molecular weight is 235 g/mol. The maximum absolute atomic E-state index is 11.8. The van der Waals surface area contributed by atoms with Crippen LogP contribution in [0.25, 0.3) is 0 Å². The van der Waals surface area contributed by atoms with Gasteiger partial charge in [0, 0.05) is 24.8 Å². The van der Waals surface area contributed by atoms with Crippen molar-refractivity contribution in [1.82, 2.24) is 4.90 Å². The van der Waals surface area contributed by atoms with E-state index >= 15 is 0 Å². The molecular weight excluding hydrogens is 218 g/mol. The van der Waals surface area contributed by atoms with Crippen LogP contribution >= 0.6 is 0 Å². The van der Waals surface area contributed by atoms with Crippen LogP contribution in [-0.2, 0) is 4.79 Å². The second kappa shape index (κ2) is 4.63. The fourth-order valence-electron chi connectivity index (χ4n) is 1.77. The Labute approximate surface area is 101 Å². The molecule has 0 atom stereocenters. The first-order chi connectivity index (χ1) is 8.08. The molecular formula is C12H17N3O2. The number of carbonyl (C=O) groups is 1. The van der Waals surface area contributed by atoms with Crippen molar-refractivity contribution in [2.75, 3.05) is 44.4 Å². The molecule has 1 amide bonds. The average Bonchev–Trinajstić information content (AvgIpc) is 2.27. The highest BCUT2D eigenvalue weighted by atomic mass is 16.5. The highest BCUT2D eigenvalue weighted by Gasteiger charge is 2.25. The van der Waals surface area contributed by atoms with E-state index in [0.717, 1.165) is 12.2 Å². The summed E-state index contributed by atoms with van der Waals surface area (Å²) in [7, 11) is 3.96. The molecule has 0 aliphatic carbocycles. The van der Waals surface area contributed by atoms with E-state index in [1.807, 2.05) is 25.1 Å². The normalized spacial score (nSPS) is 14.8. The molecule has 2 N–H and O–H groups in total. The zero-order valence-corrected chi connectivity index (χ0v) is 10.1. The molecule has 0 aromatic heterocycles. The van der Waals surface area contributed by atoms with Crippen LogP contribution in [0.15, 0.2) is 18.2 Å². The summed E-state index contributed by atoms with van der Waals surface area (Å²) in [5.41, 5.74) is 7.14. The van der Waals surface area contributed by atoms with Crippen LogP contribution in [0.4, 0.5) is 11.4 Å². The van der Waals surface area contributed by atoms with Crippen molar-refractivity contribution in [3.63, 3.8) is 0 Å². The number of anilines is 2. The van der Waals surface area contributed by atoms with Crippen LogP contribution in [0.3, 0.4) is 0 Å². The highest BCUT2D eigenvalue weighted by Crippen LogP contribution is 2.33. The minimum Gasteiger partial charge on any atom is -0.481 e. The second-order valence-corrected chi connectivity index (χ2v) is 4.36. The number of hydrogen-bond donors (Lipinski definition) is 1. The zero-order valence-electron chi connectivity index (χ0n) is 10.1. The van der Waals surface area contributed by atoms with Crippen molar-refractivity contribution in [3.8, 4) is 5.75 Å². The molecule has 1 aromatic rings. The van der Waals surface area contributed by atoms with Gasteiger partial charge in [-0.3, -0.25) is 4.79 Å². The van der Waals surface area contributed by atoms with Gasteiger partial charge in [-0.2, -0.15) is 0 Å². The first kappa shape index (κ1) is 11.7. The Morgan fingerprint density at radius 1 is 1.47 bits per heavy atom. The summed E-state index contributed by atoms with van der Waals surface area (Å²) >= 11 is 0.